The number of hydrogen-bond acceptors (Lipinski definition) is 9. The molecule has 2 saturated carbocycles. The molecular formula is C36H50FN5O8S. The van der Waals surface area contributed by atoms with Gasteiger partial charge in [-0.2, -0.15) is 0 Å². The Kier molecular flexibility index (Phi) is 10.9. The van der Waals surface area contributed by atoms with Crippen molar-refractivity contribution >= 4 is 33.7 Å². The molecule has 4 amide bonds. The summed E-state index contributed by atoms with van der Waals surface area (Å²) in [4.78, 5) is 58.2. The summed E-state index contributed by atoms with van der Waals surface area (Å²) in [5.74, 6) is -2.82. The quantitative estimate of drug-likeness (QED) is 0.256. The number of halogens is 1. The monoisotopic (exact) mass is 731 g/mol. The molecule has 3 fully saturated rings. The van der Waals surface area contributed by atoms with Gasteiger partial charge in [-0.1, -0.05) is 37.1 Å². The third-order valence-electron chi connectivity index (χ3n) is 10.4. The lowest BCUT2D eigenvalue weighted by Gasteiger charge is -2.30. The van der Waals surface area contributed by atoms with E-state index in [9.17, 15) is 32.0 Å². The fourth-order valence-electron chi connectivity index (χ4n) is 7.13. The number of rotatable bonds is 9. The van der Waals surface area contributed by atoms with E-state index in [0.717, 1.165) is 31.2 Å². The lowest BCUT2D eigenvalue weighted by atomic mass is 10.1. The van der Waals surface area contributed by atoms with Crippen LogP contribution in [0.2, 0.25) is 0 Å². The van der Waals surface area contributed by atoms with Crippen molar-refractivity contribution in [3.8, 4) is 0 Å². The molecule has 2 aliphatic carbocycles. The molecular weight excluding hydrogens is 681 g/mol. The van der Waals surface area contributed by atoms with Gasteiger partial charge in [0.15, 0.2) is 0 Å². The van der Waals surface area contributed by atoms with Crippen molar-refractivity contribution in [1.29, 1.82) is 0 Å². The smallest absolute Gasteiger partial charge is 0.259 e. The van der Waals surface area contributed by atoms with E-state index in [4.69, 9.17) is 9.47 Å². The second-order valence-corrected chi connectivity index (χ2v) is 17.4. The van der Waals surface area contributed by atoms with Crippen LogP contribution in [0.25, 0.3) is 0 Å². The predicted octanol–water partition coefficient (Wildman–Crippen LogP) is 2.39. The lowest BCUT2D eigenvalue weighted by Crippen LogP contribution is -2.58. The highest BCUT2D eigenvalue weighted by molar-refractivity contribution is 7.91. The molecule has 6 rings (SSSR count). The van der Waals surface area contributed by atoms with Crippen molar-refractivity contribution in [3.05, 3.63) is 47.3 Å². The third kappa shape index (κ3) is 8.81. The third-order valence-corrected chi connectivity index (χ3v) is 12.2. The number of amides is 4. The highest BCUT2D eigenvalue weighted by atomic mass is 32.2. The molecule has 15 heteroatoms. The number of nitrogens with zero attached hydrogens (tertiary/aromatic N) is 2. The van der Waals surface area contributed by atoms with E-state index in [1.54, 1.807) is 12.1 Å². The molecule has 0 bridgehead atoms. The molecule has 5 unspecified atom stereocenters. The molecule has 0 aromatic heterocycles. The Morgan fingerprint density at radius 3 is 2.61 bits per heavy atom. The fourth-order valence-corrected chi connectivity index (χ4v) is 8.50. The number of sulfonamides is 1. The van der Waals surface area contributed by atoms with Crippen LogP contribution in [0.5, 0.6) is 0 Å². The average Bonchev–Trinajstić information content (AvgIpc) is 3.95. The molecule has 13 nitrogen and oxygen atoms in total. The molecule has 51 heavy (non-hydrogen) atoms. The normalized spacial score (nSPS) is 28.6. The number of nitrogens with one attached hydrogen (secondary N) is 3. The molecule has 1 aromatic carbocycles. The Balaban J connectivity index is 1.20. The summed E-state index contributed by atoms with van der Waals surface area (Å²) >= 11 is 0. The van der Waals surface area contributed by atoms with Crippen molar-refractivity contribution < 1.29 is 41.5 Å². The van der Waals surface area contributed by atoms with Gasteiger partial charge in [-0.3, -0.25) is 29.2 Å². The molecule has 1 saturated heterocycles. The van der Waals surface area contributed by atoms with Gasteiger partial charge in [0, 0.05) is 37.5 Å². The maximum Gasteiger partial charge on any atom is 0.259 e. The summed E-state index contributed by atoms with van der Waals surface area (Å²) in [5.41, 5.74) is -0.709. The zero-order valence-electron chi connectivity index (χ0n) is 29.6. The van der Waals surface area contributed by atoms with Crippen LogP contribution in [0.4, 0.5) is 4.39 Å². The molecule has 5 aliphatic rings. The number of ether oxygens (including phenoxy) is 2. The maximum absolute atomic E-state index is 14.3. The zero-order valence-corrected chi connectivity index (χ0v) is 30.4. The van der Waals surface area contributed by atoms with Crippen molar-refractivity contribution in [1.82, 2.24) is 25.2 Å². The minimum Gasteiger partial charge on any atom is -0.366 e. The standard InChI is InChI=1S/C36H50FN5O8S/c1-35(2,3)50-22-38-29-13-8-6-4-5-7-11-24-17-36(24,34(46)40-51(47,48)26-14-15-26)39-32(44)30-16-25(19-42(30)33(29)45)49-21-31(43)41-18-23-10-9-12-28(37)27(23)20-41/h7,9-12,24-26,29-30,38H,4-6,8,13-22H2,1-3H3,(H,39,44)(H,40,46). The number of allylic oxidation sites excluding steroid dienone is 1. The Labute approximate surface area is 299 Å². The first-order valence-corrected chi connectivity index (χ1v) is 19.6. The molecule has 0 radical (unpaired) electrons. The van der Waals surface area contributed by atoms with Gasteiger partial charge in [0.25, 0.3) is 5.91 Å². The lowest BCUT2D eigenvalue weighted by molar-refractivity contribution is -0.142. The number of carbonyl (C=O) groups excluding carboxylic acids is 4. The minimum atomic E-state index is -3.87. The average molecular weight is 732 g/mol. The van der Waals surface area contributed by atoms with E-state index in [2.05, 4.69) is 15.4 Å². The van der Waals surface area contributed by atoms with Crippen molar-refractivity contribution in [2.24, 2.45) is 5.92 Å². The Morgan fingerprint density at radius 2 is 1.88 bits per heavy atom. The highest BCUT2D eigenvalue weighted by Gasteiger charge is 2.62. The summed E-state index contributed by atoms with van der Waals surface area (Å²) in [5, 5.41) is 5.47. The van der Waals surface area contributed by atoms with Crippen LogP contribution in [-0.2, 0) is 51.8 Å². The first-order valence-electron chi connectivity index (χ1n) is 18.0. The Bertz CT molecular complexity index is 1660. The fraction of sp³-hybridized carbons (Fsp3) is 0.667. The van der Waals surface area contributed by atoms with Gasteiger partial charge < -0.3 is 24.6 Å². The second-order valence-electron chi connectivity index (χ2n) is 15.5. The van der Waals surface area contributed by atoms with E-state index in [0.29, 0.717) is 24.8 Å². The van der Waals surface area contributed by atoms with Crippen LogP contribution in [0, 0.1) is 11.7 Å². The van der Waals surface area contributed by atoms with Crippen molar-refractivity contribution in [2.45, 2.75) is 126 Å². The molecule has 280 valence electrons. The molecule has 3 heterocycles. The molecule has 1 aromatic rings. The van der Waals surface area contributed by atoms with Gasteiger partial charge in [-0.05, 0) is 70.9 Å². The predicted molar refractivity (Wildman–Crippen MR) is 184 cm³/mol. The van der Waals surface area contributed by atoms with Gasteiger partial charge in [0.2, 0.25) is 27.7 Å². The highest BCUT2D eigenvalue weighted by Crippen LogP contribution is 2.46. The van der Waals surface area contributed by atoms with Gasteiger partial charge in [0.1, 0.15) is 24.0 Å². The summed E-state index contributed by atoms with van der Waals surface area (Å²) in [6.07, 6.45) is 8.10. The van der Waals surface area contributed by atoms with E-state index in [-0.39, 0.29) is 63.4 Å². The Morgan fingerprint density at radius 1 is 1.10 bits per heavy atom. The van der Waals surface area contributed by atoms with Gasteiger partial charge in [-0.25, -0.2) is 12.8 Å². The van der Waals surface area contributed by atoms with Crippen LogP contribution in [0.15, 0.2) is 30.4 Å². The largest absolute Gasteiger partial charge is 0.366 e. The molecule has 3 aliphatic heterocycles. The first-order chi connectivity index (χ1) is 24.2. The molecule has 3 N–H and O–H groups in total. The molecule has 0 spiro atoms. The van der Waals surface area contributed by atoms with E-state index in [1.165, 1.54) is 15.9 Å². The van der Waals surface area contributed by atoms with E-state index in [1.807, 2.05) is 32.9 Å². The summed E-state index contributed by atoms with van der Waals surface area (Å²) in [6.45, 7) is 5.94. The topological polar surface area (TPSA) is 163 Å². The van der Waals surface area contributed by atoms with Crippen LogP contribution in [0.1, 0.15) is 89.7 Å². The molecule has 5 atom stereocenters. The Hall–Kier alpha value is -3.40. The van der Waals surface area contributed by atoms with Crippen LogP contribution in [-0.4, -0.2) is 96.3 Å². The van der Waals surface area contributed by atoms with Crippen molar-refractivity contribution in [3.63, 3.8) is 0 Å². The van der Waals surface area contributed by atoms with E-state index >= 15 is 0 Å². The summed E-state index contributed by atoms with van der Waals surface area (Å²) in [6, 6.07) is 3.04. The van der Waals surface area contributed by atoms with E-state index < -0.39 is 62.3 Å². The zero-order chi connectivity index (χ0) is 36.6. The summed E-state index contributed by atoms with van der Waals surface area (Å²) < 4.78 is 53.9. The van der Waals surface area contributed by atoms with Crippen molar-refractivity contribution in [2.75, 3.05) is 19.9 Å². The van der Waals surface area contributed by atoms with Gasteiger partial charge in [0.05, 0.1) is 29.7 Å². The van der Waals surface area contributed by atoms with Crippen LogP contribution in [0.3, 0.4) is 0 Å². The van der Waals surface area contributed by atoms with Crippen LogP contribution >= 0.6 is 0 Å². The summed E-state index contributed by atoms with van der Waals surface area (Å²) in [7, 11) is -3.87. The SMILES string of the molecule is CC(C)(C)OCNC1CCCCCC=CC2CC2(C(=O)NS(=O)(=O)C2CC2)NC(=O)C2CC(OCC(=O)N3Cc4cccc(F)c4C3)CN2C1=O. The first kappa shape index (κ1) is 37.4. The second kappa shape index (κ2) is 14.9. The number of hydrogen-bond donors (Lipinski definition) is 3. The van der Waals surface area contributed by atoms with Gasteiger partial charge >= 0.3 is 0 Å². The minimum absolute atomic E-state index is 0.0238. The maximum atomic E-state index is 14.3. The van der Waals surface area contributed by atoms with Crippen LogP contribution < -0.4 is 15.4 Å². The van der Waals surface area contributed by atoms with Gasteiger partial charge in [-0.15, -0.1) is 0 Å². The number of benzene rings is 1. The number of fused-ring (bicyclic) bond motifs is 3. The number of carbonyl (C=O) groups is 4.